The molecule has 0 saturated heterocycles. The predicted molar refractivity (Wildman–Crippen MR) is 137 cm³/mol. The van der Waals surface area contributed by atoms with Gasteiger partial charge in [-0.2, -0.15) is 12.6 Å². The van der Waals surface area contributed by atoms with Crippen molar-refractivity contribution in [2.24, 2.45) is 5.92 Å². The van der Waals surface area contributed by atoms with Crippen molar-refractivity contribution in [3.8, 4) is 11.1 Å². The Hall–Kier alpha value is -2.80. The van der Waals surface area contributed by atoms with Gasteiger partial charge in [0, 0.05) is 6.42 Å². The zero-order valence-electron chi connectivity index (χ0n) is 19.8. The highest BCUT2D eigenvalue weighted by atomic mass is 32.1. The maximum Gasteiger partial charge on any atom is 0.326 e. The van der Waals surface area contributed by atoms with Gasteiger partial charge in [0.1, 0.15) is 11.6 Å². The van der Waals surface area contributed by atoms with E-state index in [1.807, 2.05) is 68.4 Å². The van der Waals surface area contributed by atoms with Crippen molar-refractivity contribution < 1.29 is 19.5 Å². The van der Waals surface area contributed by atoms with Gasteiger partial charge in [0.2, 0.25) is 11.8 Å². The number of carboxylic acids is 1. The van der Waals surface area contributed by atoms with E-state index in [0.29, 0.717) is 12.8 Å². The Morgan fingerprint density at radius 1 is 1.00 bits per heavy atom. The molecule has 1 aliphatic carbocycles. The number of rotatable bonds is 10. The molecule has 7 heteroatoms. The van der Waals surface area contributed by atoms with Gasteiger partial charge in [0.05, 0.1) is 5.25 Å². The highest BCUT2D eigenvalue weighted by Crippen LogP contribution is 2.31. The third kappa shape index (κ3) is 6.20. The largest absolute Gasteiger partial charge is 0.480 e. The molecule has 0 bridgehead atoms. The van der Waals surface area contributed by atoms with Crippen LogP contribution in [0.4, 0.5) is 0 Å². The maximum atomic E-state index is 13.3. The van der Waals surface area contributed by atoms with Crippen LogP contribution in [0.15, 0.2) is 54.6 Å². The summed E-state index contributed by atoms with van der Waals surface area (Å²) in [6.45, 7) is 3.94. The molecule has 0 spiro atoms. The SMILES string of the molecule is CC[C@@H](C)[C@H](S)C(=O)NC1(C(=O)N[C@@H](Cc2ccc(-c3ccccc3)cc2)C(=O)O)CCCC1. The first-order chi connectivity index (χ1) is 16.3. The minimum absolute atomic E-state index is 0.0653. The van der Waals surface area contributed by atoms with Crippen molar-refractivity contribution in [1.82, 2.24) is 10.6 Å². The Kier molecular flexibility index (Phi) is 8.78. The summed E-state index contributed by atoms with van der Waals surface area (Å²) in [5.74, 6) is -1.75. The molecule has 3 N–H and O–H groups in total. The lowest BCUT2D eigenvalue weighted by Gasteiger charge is -2.32. The Morgan fingerprint density at radius 3 is 2.15 bits per heavy atom. The predicted octanol–water partition coefficient (Wildman–Crippen LogP) is 4.24. The van der Waals surface area contributed by atoms with Crippen LogP contribution in [-0.2, 0) is 20.8 Å². The zero-order valence-corrected chi connectivity index (χ0v) is 20.7. The quantitative estimate of drug-likeness (QED) is 0.381. The van der Waals surface area contributed by atoms with Crippen molar-refractivity contribution in [3.63, 3.8) is 0 Å². The number of amides is 2. The number of thiol groups is 1. The minimum Gasteiger partial charge on any atom is -0.480 e. The highest BCUT2D eigenvalue weighted by Gasteiger charge is 2.44. The van der Waals surface area contributed by atoms with Gasteiger partial charge in [0.25, 0.3) is 0 Å². The molecule has 3 atom stereocenters. The van der Waals surface area contributed by atoms with Crippen LogP contribution in [-0.4, -0.2) is 39.7 Å². The molecule has 182 valence electrons. The van der Waals surface area contributed by atoms with Gasteiger partial charge in [-0.05, 0) is 35.4 Å². The molecule has 2 amide bonds. The van der Waals surface area contributed by atoms with E-state index in [1.54, 1.807) is 0 Å². The van der Waals surface area contributed by atoms with Crippen LogP contribution < -0.4 is 10.6 Å². The number of hydrogen-bond donors (Lipinski definition) is 4. The molecular weight excluding hydrogens is 448 g/mol. The summed E-state index contributed by atoms with van der Waals surface area (Å²) in [5.41, 5.74) is 1.84. The van der Waals surface area contributed by atoms with E-state index < -0.39 is 28.7 Å². The van der Waals surface area contributed by atoms with Gasteiger partial charge in [-0.1, -0.05) is 87.7 Å². The first-order valence-electron chi connectivity index (χ1n) is 11.9. The van der Waals surface area contributed by atoms with Crippen molar-refractivity contribution in [1.29, 1.82) is 0 Å². The molecule has 2 aromatic carbocycles. The molecule has 0 unspecified atom stereocenters. The van der Waals surface area contributed by atoms with E-state index in [2.05, 4.69) is 23.3 Å². The lowest BCUT2D eigenvalue weighted by molar-refractivity contribution is -0.143. The van der Waals surface area contributed by atoms with Crippen LogP contribution in [0.25, 0.3) is 11.1 Å². The lowest BCUT2D eigenvalue weighted by atomic mass is 9.93. The number of nitrogens with one attached hydrogen (secondary N) is 2. The molecule has 0 radical (unpaired) electrons. The molecule has 6 nitrogen and oxygen atoms in total. The molecule has 0 heterocycles. The third-order valence-corrected chi connectivity index (χ3v) is 7.55. The second-order valence-corrected chi connectivity index (χ2v) is 9.80. The molecule has 1 aliphatic rings. The number of carboxylic acid groups (broad SMARTS) is 1. The van der Waals surface area contributed by atoms with E-state index in [-0.39, 0.29) is 18.2 Å². The van der Waals surface area contributed by atoms with E-state index in [0.717, 1.165) is 36.0 Å². The Balaban J connectivity index is 1.70. The van der Waals surface area contributed by atoms with Crippen LogP contribution in [0.3, 0.4) is 0 Å². The fourth-order valence-electron chi connectivity index (χ4n) is 4.37. The Morgan fingerprint density at radius 2 is 1.59 bits per heavy atom. The summed E-state index contributed by atoms with van der Waals surface area (Å²) in [4.78, 5) is 38.1. The molecule has 1 fully saturated rings. The average Bonchev–Trinajstić information content (AvgIpc) is 3.33. The molecule has 1 saturated carbocycles. The summed E-state index contributed by atoms with van der Waals surface area (Å²) < 4.78 is 0. The number of carbonyl (C=O) groups excluding carboxylic acids is 2. The van der Waals surface area contributed by atoms with Gasteiger partial charge in [-0.3, -0.25) is 9.59 Å². The average molecular weight is 483 g/mol. The summed E-state index contributed by atoms with van der Waals surface area (Å²) in [5, 5.41) is 14.9. The molecule has 3 rings (SSSR count). The van der Waals surface area contributed by atoms with Crippen molar-refractivity contribution >= 4 is 30.4 Å². The van der Waals surface area contributed by atoms with E-state index in [4.69, 9.17) is 0 Å². The van der Waals surface area contributed by atoms with E-state index in [1.165, 1.54) is 0 Å². The maximum absolute atomic E-state index is 13.3. The first kappa shape index (κ1) is 25.8. The van der Waals surface area contributed by atoms with E-state index >= 15 is 0 Å². The van der Waals surface area contributed by atoms with E-state index in [9.17, 15) is 19.5 Å². The van der Waals surface area contributed by atoms with Crippen molar-refractivity contribution in [2.75, 3.05) is 0 Å². The van der Waals surface area contributed by atoms with Gasteiger partial charge in [-0.15, -0.1) is 0 Å². The summed E-state index contributed by atoms with van der Waals surface area (Å²) in [6, 6.07) is 16.5. The van der Waals surface area contributed by atoms with Crippen LogP contribution in [0.5, 0.6) is 0 Å². The molecule has 0 aliphatic heterocycles. The minimum atomic E-state index is -1.10. The number of hydrogen-bond acceptors (Lipinski definition) is 4. The smallest absolute Gasteiger partial charge is 0.326 e. The van der Waals surface area contributed by atoms with Crippen molar-refractivity contribution in [2.45, 2.75) is 69.2 Å². The lowest BCUT2D eigenvalue weighted by Crippen LogP contribution is -2.61. The van der Waals surface area contributed by atoms with Gasteiger partial charge in [-0.25, -0.2) is 4.79 Å². The number of carbonyl (C=O) groups is 3. The van der Waals surface area contributed by atoms with Crippen LogP contribution in [0.2, 0.25) is 0 Å². The Labute approximate surface area is 206 Å². The topological polar surface area (TPSA) is 95.5 Å². The zero-order chi connectivity index (χ0) is 24.7. The molecular formula is C27H34N2O4S. The van der Waals surface area contributed by atoms with Crippen LogP contribution >= 0.6 is 12.6 Å². The number of aliphatic carboxylic acids is 1. The Bertz CT molecular complexity index is 987. The highest BCUT2D eigenvalue weighted by molar-refractivity contribution is 7.81. The van der Waals surface area contributed by atoms with Gasteiger partial charge < -0.3 is 15.7 Å². The fraction of sp³-hybridized carbons (Fsp3) is 0.444. The number of benzene rings is 2. The standard InChI is InChI=1S/C27H34N2O4S/c1-3-18(2)23(34)24(30)29-27(15-7-8-16-27)26(33)28-22(25(31)32)17-19-11-13-21(14-12-19)20-9-5-4-6-10-20/h4-6,9-14,18,22-23,34H,3,7-8,15-17H2,1-2H3,(H,28,33)(H,29,30)(H,31,32)/t18-,22+,23+/m1/s1. The van der Waals surface area contributed by atoms with Crippen LogP contribution in [0, 0.1) is 5.92 Å². The summed E-state index contributed by atoms with van der Waals surface area (Å²) in [6.07, 6.45) is 3.53. The molecule has 0 aromatic heterocycles. The van der Waals surface area contributed by atoms with Gasteiger partial charge >= 0.3 is 5.97 Å². The second kappa shape index (κ2) is 11.6. The summed E-state index contributed by atoms with van der Waals surface area (Å²) in [7, 11) is 0. The van der Waals surface area contributed by atoms with Crippen LogP contribution in [0.1, 0.15) is 51.5 Å². The monoisotopic (exact) mass is 482 g/mol. The molecule has 34 heavy (non-hydrogen) atoms. The summed E-state index contributed by atoms with van der Waals surface area (Å²) >= 11 is 4.44. The first-order valence-corrected chi connectivity index (χ1v) is 12.5. The van der Waals surface area contributed by atoms with Crippen molar-refractivity contribution in [3.05, 3.63) is 60.2 Å². The normalized spacial score (nSPS) is 17.4. The second-order valence-electron chi connectivity index (χ2n) is 9.24. The third-order valence-electron chi connectivity index (χ3n) is 6.81. The fourth-order valence-corrected chi connectivity index (χ4v) is 4.65. The molecule has 2 aromatic rings. The van der Waals surface area contributed by atoms with Gasteiger partial charge in [0.15, 0.2) is 0 Å².